The molecule has 4 aromatic rings. The summed E-state index contributed by atoms with van der Waals surface area (Å²) in [7, 11) is 0. The number of aromatic hydroxyl groups is 1. The molecule has 25 heavy (non-hydrogen) atoms. The van der Waals surface area contributed by atoms with Gasteiger partial charge in [0.05, 0.1) is 0 Å². The zero-order valence-corrected chi connectivity index (χ0v) is 14.9. The van der Waals surface area contributed by atoms with Gasteiger partial charge in [0.1, 0.15) is 5.75 Å². The highest BCUT2D eigenvalue weighted by atomic mass is 16.3. The number of hydrogen-bond donors (Lipinski definition) is 1. The smallest absolute Gasteiger partial charge is 0.123 e. The molecule has 0 amide bonds. The first-order valence-corrected chi connectivity index (χ1v) is 8.69. The predicted molar refractivity (Wildman–Crippen MR) is 107 cm³/mol. The Balaban J connectivity index is 2.16. The fraction of sp³-hybridized carbons (Fsp3) is 0.167. The number of benzene rings is 4. The van der Waals surface area contributed by atoms with Gasteiger partial charge in [-0.2, -0.15) is 0 Å². The molecule has 124 valence electrons. The number of phenols is 1. The summed E-state index contributed by atoms with van der Waals surface area (Å²) in [5, 5.41) is 15.4. The SMILES string of the molecule is CC(C)(C)c1ccc(O)c(-c2c3ccccc3cc3ccccc23)c1. The Labute approximate surface area is 148 Å². The number of rotatable bonds is 1. The molecule has 1 N–H and O–H groups in total. The molecule has 0 atom stereocenters. The topological polar surface area (TPSA) is 20.2 Å². The fourth-order valence-corrected chi connectivity index (χ4v) is 3.51. The van der Waals surface area contributed by atoms with Crippen LogP contribution in [0.5, 0.6) is 5.75 Å². The highest BCUT2D eigenvalue weighted by molar-refractivity contribution is 6.13. The number of fused-ring (bicyclic) bond motifs is 2. The lowest BCUT2D eigenvalue weighted by atomic mass is 9.83. The Morgan fingerprint density at radius 3 is 1.80 bits per heavy atom. The standard InChI is InChI=1S/C24H22O/c1-24(2,3)18-12-13-22(25)21(15-18)23-19-10-6-4-8-16(19)14-17-9-5-7-11-20(17)23/h4-15,25H,1-3H3. The summed E-state index contributed by atoms with van der Waals surface area (Å²) in [5.41, 5.74) is 3.26. The Kier molecular flexibility index (Phi) is 3.54. The van der Waals surface area contributed by atoms with Crippen molar-refractivity contribution in [1.82, 2.24) is 0 Å². The van der Waals surface area contributed by atoms with Crippen molar-refractivity contribution in [3.05, 3.63) is 78.4 Å². The van der Waals surface area contributed by atoms with E-state index in [2.05, 4.69) is 81.4 Å². The summed E-state index contributed by atoms with van der Waals surface area (Å²) in [6.07, 6.45) is 0. The van der Waals surface area contributed by atoms with E-state index in [0.717, 1.165) is 11.1 Å². The maximum absolute atomic E-state index is 10.7. The molecular formula is C24H22O. The normalized spacial score (nSPS) is 12.0. The van der Waals surface area contributed by atoms with Gasteiger partial charge in [-0.3, -0.25) is 0 Å². The first-order chi connectivity index (χ1) is 11.9. The lowest BCUT2D eigenvalue weighted by Gasteiger charge is -2.21. The van der Waals surface area contributed by atoms with Crippen LogP contribution in [0.1, 0.15) is 26.3 Å². The minimum absolute atomic E-state index is 0.0306. The van der Waals surface area contributed by atoms with Gasteiger partial charge >= 0.3 is 0 Å². The van der Waals surface area contributed by atoms with Crippen LogP contribution in [0.25, 0.3) is 32.7 Å². The predicted octanol–water partition coefficient (Wildman–Crippen LogP) is 6.66. The third-order valence-electron chi connectivity index (χ3n) is 4.90. The summed E-state index contributed by atoms with van der Waals surface area (Å²) in [6.45, 7) is 6.60. The Morgan fingerprint density at radius 2 is 1.24 bits per heavy atom. The highest BCUT2D eigenvalue weighted by Crippen LogP contribution is 2.41. The van der Waals surface area contributed by atoms with Gasteiger partial charge in [-0.1, -0.05) is 75.4 Å². The van der Waals surface area contributed by atoms with Crippen LogP contribution in [0, 0.1) is 0 Å². The van der Waals surface area contributed by atoms with Crippen LogP contribution in [0.3, 0.4) is 0 Å². The maximum Gasteiger partial charge on any atom is 0.123 e. The second kappa shape index (κ2) is 5.63. The molecule has 0 fully saturated rings. The Morgan fingerprint density at radius 1 is 0.680 bits per heavy atom. The third-order valence-corrected chi connectivity index (χ3v) is 4.90. The molecule has 0 aliphatic rings. The largest absolute Gasteiger partial charge is 0.507 e. The van der Waals surface area contributed by atoms with E-state index in [4.69, 9.17) is 0 Å². The van der Waals surface area contributed by atoms with E-state index >= 15 is 0 Å². The zero-order valence-electron chi connectivity index (χ0n) is 14.9. The van der Waals surface area contributed by atoms with E-state index in [1.165, 1.54) is 27.1 Å². The van der Waals surface area contributed by atoms with Gasteiger partial charge in [0.15, 0.2) is 0 Å². The number of phenolic OH excluding ortho intramolecular Hbond substituents is 1. The average molecular weight is 326 g/mol. The van der Waals surface area contributed by atoms with E-state index in [9.17, 15) is 5.11 Å². The van der Waals surface area contributed by atoms with Crippen LogP contribution in [0.2, 0.25) is 0 Å². The van der Waals surface area contributed by atoms with Gasteiger partial charge in [-0.25, -0.2) is 0 Å². The first kappa shape index (κ1) is 15.7. The lowest BCUT2D eigenvalue weighted by Crippen LogP contribution is -2.10. The van der Waals surface area contributed by atoms with E-state index < -0.39 is 0 Å². The summed E-state index contributed by atoms with van der Waals surface area (Å²) < 4.78 is 0. The van der Waals surface area contributed by atoms with Crippen molar-refractivity contribution in [1.29, 1.82) is 0 Å². The van der Waals surface area contributed by atoms with Crippen LogP contribution in [0.15, 0.2) is 72.8 Å². The molecule has 0 bridgehead atoms. The zero-order chi connectivity index (χ0) is 17.6. The van der Waals surface area contributed by atoms with Crippen molar-refractivity contribution in [3.63, 3.8) is 0 Å². The Hall–Kier alpha value is -2.80. The fourth-order valence-electron chi connectivity index (χ4n) is 3.51. The van der Waals surface area contributed by atoms with E-state index in [1.54, 1.807) is 0 Å². The molecule has 0 spiro atoms. The van der Waals surface area contributed by atoms with Crippen molar-refractivity contribution in [2.24, 2.45) is 0 Å². The third kappa shape index (κ3) is 2.66. The molecule has 0 radical (unpaired) electrons. The maximum atomic E-state index is 10.7. The van der Waals surface area contributed by atoms with E-state index in [-0.39, 0.29) is 5.41 Å². The van der Waals surface area contributed by atoms with Crippen LogP contribution < -0.4 is 0 Å². The molecule has 1 nitrogen and oxygen atoms in total. The van der Waals surface area contributed by atoms with Gasteiger partial charge in [0, 0.05) is 11.1 Å². The minimum Gasteiger partial charge on any atom is -0.507 e. The highest BCUT2D eigenvalue weighted by Gasteiger charge is 2.18. The van der Waals surface area contributed by atoms with Gasteiger partial charge < -0.3 is 5.11 Å². The van der Waals surface area contributed by atoms with Crippen LogP contribution in [-0.4, -0.2) is 5.11 Å². The van der Waals surface area contributed by atoms with Gasteiger partial charge in [-0.05, 0) is 50.7 Å². The molecule has 0 unspecified atom stereocenters. The molecule has 0 heterocycles. The second-order valence-electron chi connectivity index (χ2n) is 7.68. The monoisotopic (exact) mass is 326 g/mol. The van der Waals surface area contributed by atoms with Crippen molar-refractivity contribution in [2.75, 3.05) is 0 Å². The van der Waals surface area contributed by atoms with Crippen LogP contribution >= 0.6 is 0 Å². The summed E-state index contributed by atoms with van der Waals surface area (Å²) >= 11 is 0. The minimum atomic E-state index is 0.0306. The second-order valence-corrected chi connectivity index (χ2v) is 7.68. The lowest BCUT2D eigenvalue weighted by molar-refractivity contribution is 0.476. The molecule has 0 saturated carbocycles. The van der Waals surface area contributed by atoms with E-state index in [1.807, 2.05) is 12.1 Å². The van der Waals surface area contributed by atoms with Crippen molar-refractivity contribution in [3.8, 4) is 16.9 Å². The van der Waals surface area contributed by atoms with Gasteiger partial charge in [0.2, 0.25) is 0 Å². The van der Waals surface area contributed by atoms with Crippen molar-refractivity contribution >= 4 is 21.5 Å². The first-order valence-electron chi connectivity index (χ1n) is 8.69. The number of hydrogen-bond acceptors (Lipinski definition) is 1. The van der Waals surface area contributed by atoms with Gasteiger partial charge in [0.25, 0.3) is 0 Å². The molecule has 4 rings (SSSR count). The average Bonchev–Trinajstić information content (AvgIpc) is 2.59. The van der Waals surface area contributed by atoms with Crippen LogP contribution in [-0.2, 0) is 5.41 Å². The van der Waals surface area contributed by atoms with Crippen molar-refractivity contribution in [2.45, 2.75) is 26.2 Å². The molecular weight excluding hydrogens is 304 g/mol. The molecule has 0 aliphatic carbocycles. The molecule has 1 heteroatoms. The quantitative estimate of drug-likeness (QED) is 0.388. The van der Waals surface area contributed by atoms with Gasteiger partial charge in [-0.15, -0.1) is 0 Å². The van der Waals surface area contributed by atoms with E-state index in [0.29, 0.717) is 5.75 Å². The summed E-state index contributed by atoms with van der Waals surface area (Å²) in [4.78, 5) is 0. The Bertz CT molecular complexity index is 1030. The van der Waals surface area contributed by atoms with Crippen molar-refractivity contribution < 1.29 is 5.11 Å². The summed E-state index contributed by atoms with van der Waals surface area (Å²) in [5.74, 6) is 0.328. The molecule has 0 aromatic heterocycles. The molecule has 0 aliphatic heterocycles. The summed E-state index contributed by atoms with van der Waals surface area (Å²) in [6, 6.07) is 25.0. The molecule has 4 aromatic carbocycles. The molecule has 0 saturated heterocycles. The van der Waals surface area contributed by atoms with Crippen LogP contribution in [0.4, 0.5) is 0 Å².